The number of aliphatic hydroxyl groups is 2. The van der Waals surface area contributed by atoms with E-state index in [-0.39, 0.29) is 12.3 Å². The van der Waals surface area contributed by atoms with Crippen molar-refractivity contribution in [2.24, 2.45) is 23.3 Å². The van der Waals surface area contributed by atoms with Crippen LogP contribution in [0.25, 0.3) is 0 Å². The Hall–Kier alpha value is -3.30. The zero-order valence-corrected chi connectivity index (χ0v) is 22.4. The summed E-state index contributed by atoms with van der Waals surface area (Å²) in [6, 6.07) is -7.00. The lowest BCUT2D eigenvalue weighted by atomic mass is 9.96. The molecule has 7 atom stereocenters. The first-order valence-corrected chi connectivity index (χ1v) is 12.3. The van der Waals surface area contributed by atoms with E-state index in [0.29, 0.717) is 6.42 Å². The summed E-state index contributed by atoms with van der Waals surface area (Å²) in [6.07, 6.45) is -1.59. The number of nitrogens with two attached hydrogens (primary N) is 2. The number of nitrogens with one attached hydrogen (secondary N) is 4. The van der Waals surface area contributed by atoms with Crippen LogP contribution in [-0.2, 0) is 28.8 Å². The fourth-order valence-corrected chi connectivity index (χ4v) is 3.33. The number of aliphatic hydroxyl groups excluding tert-OH is 2. The van der Waals surface area contributed by atoms with Gasteiger partial charge in [0.2, 0.25) is 29.5 Å². The largest absolute Gasteiger partial charge is 0.480 e. The van der Waals surface area contributed by atoms with E-state index in [1.165, 1.54) is 6.92 Å². The summed E-state index contributed by atoms with van der Waals surface area (Å²) >= 11 is 0. The van der Waals surface area contributed by atoms with Crippen LogP contribution in [0.2, 0.25) is 0 Å². The first-order chi connectivity index (χ1) is 17.5. The van der Waals surface area contributed by atoms with Crippen LogP contribution in [0, 0.1) is 11.8 Å². The summed E-state index contributed by atoms with van der Waals surface area (Å²) in [5.74, 6) is -6.45. The van der Waals surface area contributed by atoms with Crippen LogP contribution in [0.3, 0.4) is 0 Å². The standard InChI is InChI=1S/C23H42N6O9/c1-6-11(4)17(21(35)27-15(23(37)38)7-10(2)3)28-22(36)18(12(5)31)29-20(34)14(8-16(25)32)26-19(33)13(24)9-30/h10-15,17-18,30-31H,6-9,24H2,1-5H3,(H2,25,32)(H,26,33)(H,27,35)(H,28,36)(H,29,34)(H,37,38)/t11-,12+,13-,14-,15-,17-,18-/m0/s1. The Morgan fingerprint density at radius 2 is 1.29 bits per heavy atom. The maximum absolute atomic E-state index is 13.1. The van der Waals surface area contributed by atoms with E-state index in [1.807, 2.05) is 0 Å². The second-order valence-corrected chi connectivity index (χ2v) is 9.65. The van der Waals surface area contributed by atoms with Crippen molar-refractivity contribution in [3.63, 3.8) is 0 Å². The second-order valence-electron chi connectivity index (χ2n) is 9.65. The predicted octanol–water partition coefficient (Wildman–Crippen LogP) is -3.32. The lowest BCUT2D eigenvalue weighted by Gasteiger charge is -2.29. The Bertz CT molecular complexity index is 851. The Balaban J connectivity index is 5.79. The molecule has 0 bridgehead atoms. The molecule has 0 aromatic carbocycles. The molecule has 0 unspecified atom stereocenters. The van der Waals surface area contributed by atoms with Gasteiger partial charge in [-0.05, 0) is 25.2 Å². The van der Waals surface area contributed by atoms with Crippen molar-refractivity contribution in [3.05, 3.63) is 0 Å². The minimum Gasteiger partial charge on any atom is -0.480 e. The fourth-order valence-electron chi connectivity index (χ4n) is 3.33. The van der Waals surface area contributed by atoms with Crippen molar-refractivity contribution >= 4 is 35.5 Å². The molecule has 0 aromatic rings. The Labute approximate surface area is 221 Å². The normalized spacial score (nSPS) is 16.7. The Kier molecular flexibility index (Phi) is 15.1. The maximum Gasteiger partial charge on any atom is 0.326 e. The van der Waals surface area contributed by atoms with Crippen molar-refractivity contribution in [1.82, 2.24) is 21.3 Å². The third-order valence-corrected chi connectivity index (χ3v) is 5.75. The van der Waals surface area contributed by atoms with Gasteiger partial charge in [-0.1, -0.05) is 34.1 Å². The number of carbonyl (C=O) groups excluding carboxylic acids is 5. The van der Waals surface area contributed by atoms with Gasteiger partial charge < -0.3 is 48.1 Å². The molecule has 15 heteroatoms. The zero-order valence-electron chi connectivity index (χ0n) is 22.4. The minimum absolute atomic E-state index is 0.0383. The van der Waals surface area contributed by atoms with Crippen LogP contribution < -0.4 is 32.7 Å². The highest BCUT2D eigenvalue weighted by Crippen LogP contribution is 2.12. The van der Waals surface area contributed by atoms with E-state index in [0.717, 1.165) is 0 Å². The number of carbonyl (C=O) groups is 6. The highest BCUT2D eigenvalue weighted by Gasteiger charge is 2.35. The van der Waals surface area contributed by atoms with Crippen LogP contribution in [0.15, 0.2) is 0 Å². The van der Waals surface area contributed by atoms with Gasteiger partial charge in [-0.15, -0.1) is 0 Å². The third kappa shape index (κ3) is 11.8. The topological polar surface area (TPSA) is 263 Å². The first kappa shape index (κ1) is 34.7. The molecule has 0 fully saturated rings. The van der Waals surface area contributed by atoms with Crippen molar-refractivity contribution in [3.8, 4) is 0 Å². The predicted molar refractivity (Wildman–Crippen MR) is 135 cm³/mol. The van der Waals surface area contributed by atoms with E-state index in [9.17, 15) is 39.0 Å². The van der Waals surface area contributed by atoms with Gasteiger partial charge in [-0.2, -0.15) is 0 Å². The van der Waals surface area contributed by atoms with Crippen LogP contribution in [0.4, 0.5) is 0 Å². The Morgan fingerprint density at radius 1 is 0.789 bits per heavy atom. The number of rotatable bonds is 17. The van der Waals surface area contributed by atoms with Crippen molar-refractivity contribution < 1.29 is 44.1 Å². The molecule has 0 rings (SSSR count). The number of carboxylic acid groups (broad SMARTS) is 1. The lowest BCUT2D eigenvalue weighted by molar-refractivity contribution is -0.143. The SMILES string of the molecule is CC[C@H](C)[C@H](NC(=O)[C@@H](NC(=O)[C@H](CC(N)=O)NC(=O)[C@@H](N)CO)[C@@H](C)O)C(=O)N[C@@H](CC(C)C)C(=O)O. The summed E-state index contributed by atoms with van der Waals surface area (Å²) in [7, 11) is 0. The second kappa shape index (κ2) is 16.5. The number of aliphatic carboxylic acids is 1. The molecule has 15 nitrogen and oxygen atoms in total. The van der Waals surface area contributed by atoms with Gasteiger partial charge in [-0.25, -0.2) is 4.79 Å². The third-order valence-electron chi connectivity index (χ3n) is 5.75. The number of amides is 5. The monoisotopic (exact) mass is 546 g/mol. The highest BCUT2D eigenvalue weighted by atomic mass is 16.4. The summed E-state index contributed by atoms with van der Waals surface area (Å²) in [5, 5.41) is 37.9. The molecule has 218 valence electrons. The van der Waals surface area contributed by atoms with Crippen molar-refractivity contribution in [2.45, 2.75) is 90.2 Å². The molecule has 5 amide bonds. The zero-order chi connectivity index (χ0) is 29.7. The average Bonchev–Trinajstić information content (AvgIpc) is 2.82. The smallest absolute Gasteiger partial charge is 0.326 e. The molecule has 0 aliphatic carbocycles. The van der Waals surface area contributed by atoms with Gasteiger partial charge in [0.05, 0.1) is 19.1 Å². The number of hydrogen-bond donors (Lipinski definition) is 9. The molecular weight excluding hydrogens is 504 g/mol. The molecule has 0 radical (unpaired) electrons. The number of primary amides is 1. The molecule has 0 aliphatic rings. The molecule has 0 aliphatic heterocycles. The van der Waals surface area contributed by atoms with Gasteiger partial charge in [0.1, 0.15) is 30.2 Å². The van der Waals surface area contributed by atoms with E-state index in [1.54, 1.807) is 27.7 Å². The van der Waals surface area contributed by atoms with E-state index in [2.05, 4.69) is 21.3 Å². The van der Waals surface area contributed by atoms with Crippen LogP contribution in [0.1, 0.15) is 53.9 Å². The van der Waals surface area contributed by atoms with E-state index in [4.69, 9.17) is 16.6 Å². The lowest BCUT2D eigenvalue weighted by Crippen LogP contribution is -2.62. The van der Waals surface area contributed by atoms with Crippen molar-refractivity contribution in [1.29, 1.82) is 0 Å². The van der Waals surface area contributed by atoms with E-state index >= 15 is 0 Å². The molecular formula is C23H42N6O9. The van der Waals surface area contributed by atoms with Crippen LogP contribution in [-0.4, -0.2) is 93.7 Å². The minimum atomic E-state index is -1.63. The van der Waals surface area contributed by atoms with Gasteiger partial charge in [-0.3, -0.25) is 24.0 Å². The van der Waals surface area contributed by atoms with Gasteiger partial charge in [0.15, 0.2) is 0 Å². The molecule has 11 N–H and O–H groups in total. The van der Waals surface area contributed by atoms with Crippen LogP contribution >= 0.6 is 0 Å². The Morgan fingerprint density at radius 3 is 1.71 bits per heavy atom. The quantitative estimate of drug-likeness (QED) is 0.0876. The number of carboxylic acids is 1. The molecule has 0 spiro atoms. The highest BCUT2D eigenvalue weighted by molar-refractivity contribution is 5.97. The summed E-state index contributed by atoms with van der Waals surface area (Å²) in [4.78, 5) is 73.8. The van der Waals surface area contributed by atoms with Crippen LogP contribution in [0.5, 0.6) is 0 Å². The summed E-state index contributed by atoms with van der Waals surface area (Å²) in [5.41, 5.74) is 10.5. The molecule has 38 heavy (non-hydrogen) atoms. The molecule has 0 heterocycles. The van der Waals surface area contributed by atoms with Gasteiger partial charge in [0.25, 0.3) is 0 Å². The summed E-state index contributed by atoms with van der Waals surface area (Å²) < 4.78 is 0. The first-order valence-electron chi connectivity index (χ1n) is 12.3. The average molecular weight is 547 g/mol. The molecule has 0 saturated carbocycles. The van der Waals surface area contributed by atoms with E-state index < -0.39 is 90.8 Å². The van der Waals surface area contributed by atoms with Gasteiger partial charge >= 0.3 is 5.97 Å². The maximum atomic E-state index is 13.1. The molecule has 0 aromatic heterocycles. The number of hydrogen-bond acceptors (Lipinski definition) is 9. The summed E-state index contributed by atoms with van der Waals surface area (Å²) in [6.45, 7) is 7.43. The molecule has 0 saturated heterocycles. The van der Waals surface area contributed by atoms with Crippen molar-refractivity contribution in [2.75, 3.05) is 6.61 Å². The fraction of sp³-hybridized carbons (Fsp3) is 0.739. The van der Waals surface area contributed by atoms with Gasteiger partial charge in [0, 0.05) is 0 Å².